The zero-order chi connectivity index (χ0) is 12.5. The molecule has 3 rings (SSSR count). The fraction of sp³-hybridized carbons (Fsp3) is 0.188. The molecule has 1 heterocycles. The van der Waals surface area contributed by atoms with Crippen molar-refractivity contribution < 1.29 is 4.79 Å². The van der Waals surface area contributed by atoms with Crippen LogP contribution in [0.5, 0.6) is 0 Å². The van der Waals surface area contributed by atoms with Gasteiger partial charge in [-0.15, -0.1) is 0 Å². The number of carbonyl (C=O) groups excluding carboxylic acids is 1. The molecule has 0 fully saturated rings. The number of rotatable bonds is 1. The van der Waals surface area contributed by atoms with Gasteiger partial charge in [-0.3, -0.25) is 4.79 Å². The molecule has 0 saturated carbocycles. The van der Waals surface area contributed by atoms with E-state index in [9.17, 15) is 4.79 Å². The summed E-state index contributed by atoms with van der Waals surface area (Å²) in [5.41, 5.74) is 3.50. The van der Waals surface area contributed by atoms with Crippen molar-refractivity contribution in [3.05, 3.63) is 65.7 Å². The molecule has 18 heavy (non-hydrogen) atoms. The van der Waals surface area contributed by atoms with E-state index in [2.05, 4.69) is 18.2 Å². The Labute approximate surface area is 107 Å². The highest BCUT2D eigenvalue weighted by atomic mass is 16.2. The van der Waals surface area contributed by atoms with Crippen LogP contribution >= 0.6 is 0 Å². The van der Waals surface area contributed by atoms with Crippen LogP contribution in [0.25, 0.3) is 0 Å². The molecule has 1 amide bonds. The minimum atomic E-state index is 0.105. The van der Waals surface area contributed by atoms with Crippen LogP contribution < -0.4 is 4.90 Å². The van der Waals surface area contributed by atoms with Gasteiger partial charge in [0.1, 0.15) is 0 Å². The Bertz CT molecular complexity index is 577. The third-order valence-electron chi connectivity index (χ3n) is 3.50. The van der Waals surface area contributed by atoms with Gasteiger partial charge >= 0.3 is 0 Å². The highest BCUT2D eigenvalue weighted by Crippen LogP contribution is 2.40. The van der Waals surface area contributed by atoms with Gasteiger partial charge in [0.15, 0.2) is 0 Å². The largest absolute Gasteiger partial charge is 0.305 e. The minimum Gasteiger partial charge on any atom is -0.305 e. The summed E-state index contributed by atoms with van der Waals surface area (Å²) in [6.07, 6.45) is 0.903. The van der Waals surface area contributed by atoms with Crippen molar-refractivity contribution in [2.24, 2.45) is 0 Å². The Morgan fingerprint density at radius 2 is 1.72 bits per heavy atom. The zero-order valence-corrected chi connectivity index (χ0v) is 10.3. The summed E-state index contributed by atoms with van der Waals surface area (Å²) >= 11 is 0. The Kier molecular flexibility index (Phi) is 2.63. The number of amides is 1. The molecular weight excluding hydrogens is 222 g/mol. The maximum absolute atomic E-state index is 11.9. The molecule has 1 aliphatic rings. The van der Waals surface area contributed by atoms with Crippen molar-refractivity contribution >= 4 is 11.6 Å². The first-order chi connectivity index (χ1) is 8.77. The molecule has 0 saturated heterocycles. The lowest BCUT2D eigenvalue weighted by molar-refractivity contribution is -0.116. The predicted molar refractivity (Wildman–Crippen MR) is 72.5 cm³/mol. The number of hydrogen-bond acceptors (Lipinski definition) is 1. The summed E-state index contributed by atoms with van der Waals surface area (Å²) in [6.45, 7) is 1.64. The normalized spacial score (nSPS) is 17.6. The van der Waals surface area contributed by atoms with Crippen LogP contribution in [-0.4, -0.2) is 5.91 Å². The zero-order valence-electron chi connectivity index (χ0n) is 10.3. The molecule has 0 radical (unpaired) electrons. The monoisotopic (exact) mass is 237 g/mol. The van der Waals surface area contributed by atoms with Crippen LogP contribution in [0.15, 0.2) is 54.6 Å². The van der Waals surface area contributed by atoms with E-state index in [0.717, 1.165) is 12.1 Å². The Morgan fingerprint density at radius 3 is 2.44 bits per heavy atom. The van der Waals surface area contributed by atoms with Crippen LogP contribution in [-0.2, 0) is 11.2 Å². The first-order valence-electron chi connectivity index (χ1n) is 6.20. The molecule has 2 heteroatoms. The van der Waals surface area contributed by atoms with Gasteiger partial charge in [0.05, 0.1) is 6.04 Å². The van der Waals surface area contributed by atoms with Crippen molar-refractivity contribution in [1.82, 2.24) is 0 Å². The highest BCUT2D eigenvalue weighted by Gasteiger charge is 2.32. The van der Waals surface area contributed by atoms with Gasteiger partial charge in [0.2, 0.25) is 5.91 Å². The molecule has 2 aromatic rings. The van der Waals surface area contributed by atoms with Crippen molar-refractivity contribution in [2.75, 3.05) is 4.90 Å². The van der Waals surface area contributed by atoms with Gasteiger partial charge in [-0.1, -0.05) is 48.5 Å². The first kappa shape index (κ1) is 11.0. The fourth-order valence-electron chi connectivity index (χ4n) is 2.72. The predicted octanol–water partition coefficient (Wildman–Crippen LogP) is 3.34. The second kappa shape index (κ2) is 4.30. The number of carbonyl (C=O) groups is 1. The lowest BCUT2D eigenvalue weighted by Gasteiger charge is -2.24. The molecule has 0 aromatic heterocycles. The molecule has 1 aliphatic heterocycles. The molecule has 1 atom stereocenters. The van der Waals surface area contributed by atoms with E-state index in [1.54, 1.807) is 6.92 Å². The quantitative estimate of drug-likeness (QED) is 0.745. The van der Waals surface area contributed by atoms with E-state index >= 15 is 0 Å². The molecule has 0 bridgehead atoms. The second-order valence-electron chi connectivity index (χ2n) is 4.65. The van der Waals surface area contributed by atoms with Crippen molar-refractivity contribution in [2.45, 2.75) is 19.4 Å². The van der Waals surface area contributed by atoms with Crippen LogP contribution in [0.4, 0.5) is 5.69 Å². The highest BCUT2D eigenvalue weighted by molar-refractivity contribution is 5.94. The number of nitrogens with zero attached hydrogens (tertiary/aromatic N) is 1. The summed E-state index contributed by atoms with van der Waals surface area (Å²) in [5.74, 6) is 0.105. The first-order valence-corrected chi connectivity index (χ1v) is 6.20. The standard InChI is InChI=1S/C16H15NO/c1-12(18)17-15-10-6-5-9-14(15)11-16(17)13-7-3-2-4-8-13/h2-10,16H,11H2,1H3. The summed E-state index contributed by atoms with van der Waals surface area (Å²) < 4.78 is 0. The van der Waals surface area contributed by atoms with Crippen LogP contribution in [0.2, 0.25) is 0 Å². The summed E-state index contributed by atoms with van der Waals surface area (Å²) in [5, 5.41) is 0. The summed E-state index contributed by atoms with van der Waals surface area (Å²) in [4.78, 5) is 13.8. The van der Waals surface area contributed by atoms with Gasteiger partial charge in [-0.25, -0.2) is 0 Å². The SMILES string of the molecule is CC(=O)N1c2ccccc2CC1c1ccccc1. The number of anilines is 1. The maximum Gasteiger partial charge on any atom is 0.224 e. The Morgan fingerprint density at radius 1 is 1.06 bits per heavy atom. The molecule has 90 valence electrons. The molecule has 1 unspecified atom stereocenters. The molecule has 2 aromatic carbocycles. The van der Waals surface area contributed by atoms with E-state index in [1.165, 1.54) is 11.1 Å². The van der Waals surface area contributed by atoms with Gasteiger partial charge < -0.3 is 4.90 Å². The van der Waals surface area contributed by atoms with Gasteiger partial charge in [-0.2, -0.15) is 0 Å². The average Bonchev–Trinajstić information content (AvgIpc) is 2.79. The van der Waals surface area contributed by atoms with Crippen LogP contribution in [0.1, 0.15) is 24.1 Å². The second-order valence-corrected chi connectivity index (χ2v) is 4.65. The number of para-hydroxylation sites is 1. The Hall–Kier alpha value is -2.09. The van der Waals surface area contributed by atoms with Crippen molar-refractivity contribution in [3.63, 3.8) is 0 Å². The van der Waals surface area contributed by atoms with Gasteiger partial charge in [-0.05, 0) is 23.6 Å². The third-order valence-corrected chi connectivity index (χ3v) is 3.50. The number of fused-ring (bicyclic) bond motifs is 1. The maximum atomic E-state index is 11.9. The van der Waals surface area contributed by atoms with E-state index < -0.39 is 0 Å². The summed E-state index contributed by atoms with van der Waals surface area (Å²) in [6, 6.07) is 18.5. The topological polar surface area (TPSA) is 20.3 Å². The van der Waals surface area contributed by atoms with E-state index in [4.69, 9.17) is 0 Å². The molecule has 0 aliphatic carbocycles. The van der Waals surface area contributed by atoms with E-state index in [1.807, 2.05) is 41.3 Å². The number of hydrogen-bond donors (Lipinski definition) is 0. The summed E-state index contributed by atoms with van der Waals surface area (Å²) in [7, 11) is 0. The van der Waals surface area contributed by atoms with Crippen molar-refractivity contribution in [3.8, 4) is 0 Å². The molecule has 0 spiro atoms. The Balaban J connectivity index is 2.06. The molecule has 2 nitrogen and oxygen atoms in total. The number of benzene rings is 2. The fourth-order valence-corrected chi connectivity index (χ4v) is 2.72. The minimum absolute atomic E-state index is 0.105. The van der Waals surface area contributed by atoms with Crippen LogP contribution in [0.3, 0.4) is 0 Å². The average molecular weight is 237 g/mol. The molecular formula is C16H15NO. The van der Waals surface area contributed by atoms with E-state index in [0.29, 0.717) is 0 Å². The smallest absolute Gasteiger partial charge is 0.224 e. The van der Waals surface area contributed by atoms with Crippen molar-refractivity contribution in [1.29, 1.82) is 0 Å². The lowest BCUT2D eigenvalue weighted by Crippen LogP contribution is -2.29. The van der Waals surface area contributed by atoms with Gasteiger partial charge in [0.25, 0.3) is 0 Å². The van der Waals surface area contributed by atoms with E-state index in [-0.39, 0.29) is 11.9 Å². The van der Waals surface area contributed by atoms with Crippen LogP contribution in [0, 0.1) is 0 Å². The third kappa shape index (κ3) is 1.70. The van der Waals surface area contributed by atoms with Gasteiger partial charge in [0, 0.05) is 12.6 Å². The lowest BCUT2D eigenvalue weighted by atomic mass is 10.0. The molecule has 0 N–H and O–H groups in total.